The molecule has 2 rings (SSSR count). The van der Waals surface area contributed by atoms with E-state index in [-0.39, 0.29) is 17.9 Å². The lowest BCUT2D eigenvalue weighted by Gasteiger charge is -2.33. The van der Waals surface area contributed by atoms with Gasteiger partial charge in [-0.15, -0.1) is 0 Å². The number of nitrogens with zero attached hydrogens (tertiary/aromatic N) is 1. The van der Waals surface area contributed by atoms with Crippen LogP contribution in [0.25, 0.3) is 0 Å². The number of piperidine rings is 1. The van der Waals surface area contributed by atoms with Crippen LogP contribution in [0.1, 0.15) is 35.2 Å². The van der Waals surface area contributed by atoms with Crippen molar-refractivity contribution in [2.24, 2.45) is 0 Å². The van der Waals surface area contributed by atoms with Crippen molar-refractivity contribution in [2.45, 2.75) is 32.2 Å². The second-order valence-corrected chi connectivity index (χ2v) is 6.26. The second-order valence-electron chi connectivity index (χ2n) is 5.46. The number of likely N-dealkylation sites (tertiary alicyclic amines) is 1. The minimum Gasteiger partial charge on any atom is -0.352 e. The van der Waals surface area contributed by atoms with Crippen molar-refractivity contribution in [3.63, 3.8) is 0 Å². The topological polar surface area (TPSA) is 49.4 Å². The van der Waals surface area contributed by atoms with Crippen LogP contribution in [0.2, 0.25) is 0 Å². The number of halogens is 1. The maximum Gasteiger partial charge on any atom is 0.253 e. The Bertz CT molecular complexity index is 502. The van der Waals surface area contributed by atoms with E-state index in [4.69, 9.17) is 0 Å². The third-order valence-electron chi connectivity index (χ3n) is 3.69. The predicted molar refractivity (Wildman–Crippen MR) is 86.7 cm³/mol. The van der Waals surface area contributed by atoms with E-state index in [9.17, 15) is 9.59 Å². The highest BCUT2D eigenvalue weighted by atomic mass is 79.9. The number of hydrogen-bond acceptors (Lipinski definition) is 2. The standard InChI is InChI=1S/C16H21BrN2O2/c1-12-4-6-13(7-5-12)16(21)19-10-2-3-14(11-19)18-15(20)8-9-17/h4-7,14H,2-3,8-11H2,1H3,(H,18,20)/t14-/m0/s1. The minimum absolute atomic E-state index is 0.0431. The Morgan fingerprint density at radius 1 is 1.33 bits per heavy atom. The normalized spacial score (nSPS) is 18.4. The zero-order valence-electron chi connectivity index (χ0n) is 12.3. The van der Waals surface area contributed by atoms with Crippen LogP contribution in [0.5, 0.6) is 0 Å². The summed E-state index contributed by atoms with van der Waals surface area (Å²) in [7, 11) is 0. The van der Waals surface area contributed by atoms with E-state index in [1.807, 2.05) is 36.1 Å². The zero-order valence-corrected chi connectivity index (χ0v) is 13.9. The van der Waals surface area contributed by atoms with E-state index >= 15 is 0 Å². The van der Waals surface area contributed by atoms with Gasteiger partial charge in [-0.3, -0.25) is 9.59 Å². The first kappa shape index (κ1) is 16.0. The Kier molecular flexibility index (Phi) is 5.79. The fourth-order valence-electron chi connectivity index (χ4n) is 2.54. The van der Waals surface area contributed by atoms with Crippen LogP contribution in [0, 0.1) is 6.92 Å². The lowest BCUT2D eigenvalue weighted by atomic mass is 10.0. The van der Waals surface area contributed by atoms with Gasteiger partial charge in [0, 0.05) is 36.4 Å². The number of aryl methyl sites for hydroxylation is 1. The molecule has 1 aromatic carbocycles. The zero-order chi connectivity index (χ0) is 15.2. The van der Waals surface area contributed by atoms with Crippen molar-refractivity contribution in [3.8, 4) is 0 Å². The number of amides is 2. The second kappa shape index (κ2) is 7.59. The number of carbonyl (C=O) groups excluding carboxylic acids is 2. The molecule has 1 saturated heterocycles. The van der Waals surface area contributed by atoms with Gasteiger partial charge in [-0.1, -0.05) is 33.6 Å². The average molecular weight is 353 g/mol. The monoisotopic (exact) mass is 352 g/mol. The fraction of sp³-hybridized carbons (Fsp3) is 0.500. The number of hydrogen-bond donors (Lipinski definition) is 1. The molecule has 0 spiro atoms. The summed E-state index contributed by atoms with van der Waals surface area (Å²) in [5.74, 6) is 0.0935. The van der Waals surface area contributed by atoms with E-state index in [0.29, 0.717) is 23.9 Å². The maximum atomic E-state index is 12.5. The van der Waals surface area contributed by atoms with Gasteiger partial charge in [0.1, 0.15) is 0 Å². The molecule has 0 saturated carbocycles. The van der Waals surface area contributed by atoms with Gasteiger partial charge in [-0.25, -0.2) is 0 Å². The van der Waals surface area contributed by atoms with Gasteiger partial charge < -0.3 is 10.2 Å². The molecule has 0 unspecified atom stereocenters. The van der Waals surface area contributed by atoms with E-state index in [1.165, 1.54) is 0 Å². The van der Waals surface area contributed by atoms with Crippen molar-refractivity contribution >= 4 is 27.7 Å². The first-order valence-electron chi connectivity index (χ1n) is 7.31. The molecule has 21 heavy (non-hydrogen) atoms. The Balaban J connectivity index is 1.95. The summed E-state index contributed by atoms with van der Waals surface area (Å²) < 4.78 is 0. The van der Waals surface area contributed by atoms with Crippen LogP contribution in [-0.4, -0.2) is 41.2 Å². The molecular formula is C16H21BrN2O2. The molecule has 4 nitrogen and oxygen atoms in total. The maximum absolute atomic E-state index is 12.5. The van der Waals surface area contributed by atoms with Gasteiger partial charge in [0.25, 0.3) is 5.91 Å². The van der Waals surface area contributed by atoms with Crippen LogP contribution in [0.4, 0.5) is 0 Å². The number of nitrogens with one attached hydrogen (secondary N) is 1. The summed E-state index contributed by atoms with van der Waals surface area (Å²) in [6.07, 6.45) is 2.34. The SMILES string of the molecule is Cc1ccc(C(=O)N2CCC[C@H](NC(=O)CCBr)C2)cc1. The summed E-state index contributed by atoms with van der Waals surface area (Å²) in [5, 5.41) is 3.67. The van der Waals surface area contributed by atoms with Crippen LogP contribution < -0.4 is 5.32 Å². The molecule has 1 aliphatic heterocycles. The summed E-state index contributed by atoms with van der Waals surface area (Å²) in [4.78, 5) is 26.0. The Morgan fingerprint density at radius 3 is 2.71 bits per heavy atom. The molecule has 0 bridgehead atoms. The van der Waals surface area contributed by atoms with Crippen molar-refractivity contribution in [2.75, 3.05) is 18.4 Å². The number of rotatable bonds is 4. The molecule has 0 radical (unpaired) electrons. The van der Waals surface area contributed by atoms with Crippen LogP contribution in [-0.2, 0) is 4.79 Å². The molecule has 1 aliphatic rings. The molecule has 5 heteroatoms. The van der Waals surface area contributed by atoms with Crippen LogP contribution >= 0.6 is 15.9 Å². The molecule has 1 aromatic rings. The van der Waals surface area contributed by atoms with Crippen LogP contribution in [0.15, 0.2) is 24.3 Å². The average Bonchev–Trinajstić information content (AvgIpc) is 2.48. The van der Waals surface area contributed by atoms with Gasteiger partial charge in [0.05, 0.1) is 0 Å². The number of benzene rings is 1. The van der Waals surface area contributed by atoms with Crippen molar-refractivity contribution in [1.29, 1.82) is 0 Å². The van der Waals surface area contributed by atoms with E-state index in [1.54, 1.807) is 0 Å². The first-order valence-corrected chi connectivity index (χ1v) is 8.43. The minimum atomic E-state index is 0.0431. The third-order valence-corrected chi connectivity index (χ3v) is 4.09. The Hall–Kier alpha value is -1.36. The molecule has 0 aromatic heterocycles. The van der Waals surface area contributed by atoms with Crippen molar-refractivity contribution < 1.29 is 9.59 Å². The Labute approximate surface area is 134 Å². The summed E-state index contributed by atoms with van der Waals surface area (Å²) in [6.45, 7) is 3.36. The lowest BCUT2D eigenvalue weighted by molar-refractivity contribution is -0.121. The Morgan fingerprint density at radius 2 is 2.05 bits per heavy atom. The van der Waals surface area contributed by atoms with E-state index in [0.717, 1.165) is 24.9 Å². The summed E-state index contributed by atoms with van der Waals surface area (Å²) in [6, 6.07) is 7.70. The van der Waals surface area contributed by atoms with Gasteiger partial charge in [0.2, 0.25) is 5.91 Å². The fourth-order valence-corrected chi connectivity index (χ4v) is 2.90. The predicted octanol–water partition coefficient (Wildman–Crippen LogP) is 2.50. The van der Waals surface area contributed by atoms with Crippen molar-refractivity contribution in [1.82, 2.24) is 10.2 Å². The number of carbonyl (C=O) groups is 2. The van der Waals surface area contributed by atoms with Gasteiger partial charge in [0.15, 0.2) is 0 Å². The highest BCUT2D eigenvalue weighted by molar-refractivity contribution is 9.09. The van der Waals surface area contributed by atoms with Crippen molar-refractivity contribution in [3.05, 3.63) is 35.4 Å². The molecule has 1 heterocycles. The van der Waals surface area contributed by atoms with Gasteiger partial charge in [-0.2, -0.15) is 0 Å². The summed E-state index contributed by atoms with van der Waals surface area (Å²) in [5.41, 5.74) is 1.86. The molecule has 1 N–H and O–H groups in total. The lowest BCUT2D eigenvalue weighted by Crippen LogP contribution is -2.49. The molecule has 1 atom stereocenters. The molecule has 0 aliphatic carbocycles. The highest BCUT2D eigenvalue weighted by Crippen LogP contribution is 2.14. The summed E-state index contributed by atoms with van der Waals surface area (Å²) >= 11 is 3.26. The first-order chi connectivity index (χ1) is 10.1. The van der Waals surface area contributed by atoms with E-state index < -0.39 is 0 Å². The highest BCUT2D eigenvalue weighted by Gasteiger charge is 2.25. The molecule has 1 fully saturated rings. The smallest absolute Gasteiger partial charge is 0.253 e. The number of alkyl halides is 1. The molecule has 2 amide bonds. The van der Waals surface area contributed by atoms with E-state index in [2.05, 4.69) is 21.2 Å². The quantitative estimate of drug-likeness (QED) is 0.846. The van der Waals surface area contributed by atoms with Gasteiger partial charge >= 0.3 is 0 Å². The largest absolute Gasteiger partial charge is 0.352 e. The molecular weight excluding hydrogens is 332 g/mol. The van der Waals surface area contributed by atoms with Gasteiger partial charge in [-0.05, 0) is 31.9 Å². The van der Waals surface area contributed by atoms with Crippen LogP contribution in [0.3, 0.4) is 0 Å². The third kappa shape index (κ3) is 4.56. The molecule has 114 valence electrons.